The molecule has 1 aliphatic rings. The van der Waals surface area contributed by atoms with Crippen LogP contribution in [0.15, 0.2) is 30.6 Å². The predicted octanol–water partition coefficient (Wildman–Crippen LogP) is 1.74. The molecule has 8 nitrogen and oxygen atoms in total. The van der Waals surface area contributed by atoms with Crippen molar-refractivity contribution in [3.8, 4) is 5.75 Å². The van der Waals surface area contributed by atoms with Gasteiger partial charge in [-0.15, -0.1) is 0 Å². The van der Waals surface area contributed by atoms with Crippen molar-refractivity contribution in [2.24, 2.45) is 13.0 Å². The molecule has 1 amide bonds. The maximum atomic E-state index is 12.6. The van der Waals surface area contributed by atoms with E-state index in [-0.39, 0.29) is 11.5 Å². The van der Waals surface area contributed by atoms with E-state index in [1.807, 2.05) is 19.4 Å². The van der Waals surface area contributed by atoms with Gasteiger partial charge in [0.1, 0.15) is 0 Å². The summed E-state index contributed by atoms with van der Waals surface area (Å²) in [5, 5.41) is 25.0. The minimum atomic E-state index is -0.693. The van der Waals surface area contributed by atoms with Crippen LogP contribution in [0.4, 0.5) is 5.69 Å². The summed E-state index contributed by atoms with van der Waals surface area (Å²) in [5.74, 6) is -0.618. The smallest absolute Gasteiger partial charge is 0.311 e. The third-order valence-corrected chi connectivity index (χ3v) is 4.30. The number of amides is 1. The predicted molar refractivity (Wildman–Crippen MR) is 85.7 cm³/mol. The van der Waals surface area contributed by atoms with Crippen LogP contribution >= 0.6 is 0 Å². The Morgan fingerprint density at radius 3 is 2.96 bits per heavy atom. The Balaban J connectivity index is 1.71. The number of aryl methyl sites for hydroxylation is 1. The van der Waals surface area contributed by atoms with Crippen LogP contribution in [-0.2, 0) is 13.5 Å². The van der Waals surface area contributed by atoms with Gasteiger partial charge in [0.25, 0.3) is 5.91 Å². The SMILES string of the molecule is Cn1cc(C[C@@H]2CCN(C(=O)c3cccc([N+](=O)[O-])c3O)C2)cn1. The molecule has 24 heavy (non-hydrogen) atoms. The standard InChI is InChI=1S/C16H18N4O4/c1-18-9-12(8-17-18)7-11-5-6-19(10-11)16(22)13-3-2-4-14(15(13)21)20(23)24/h2-4,8-9,11,21H,5-7,10H2,1H3/t11-/m0/s1. The van der Waals surface area contributed by atoms with E-state index in [4.69, 9.17) is 0 Å². The third kappa shape index (κ3) is 3.08. The zero-order valence-corrected chi connectivity index (χ0v) is 13.3. The molecular weight excluding hydrogens is 312 g/mol. The number of hydrogen-bond acceptors (Lipinski definition) is 5. The summed E-state index contributed by atoms with van der Waals surface area (Å²) in [6.07, 6.45) is 5.46. The number of carbonyl (C=O) groups is 1. The van der Waals surface area contributed by atoms with E-state index < -0.39 is 16.4 Å². The molecule has 1 aromatic heterocycles. The molecule has 1 N–H and O–H groups in total. The lowest BCUT2D eigenvalue weighted by molar-refractivity contribution is -0.385. The number of phenols is 1. The molecule has 2 aromatic rings. The van der Waals surface area contributed by atoms with Crippen LogP contribution in [0.3, 0.4) is 0 Å². The van der Waals surface area contributed by atoms with E-state index in [0.29, 0.717) is 19.0 Å². The average molecular weight is 330 g/mol. The van der Waals surface area contributed by atoms with Gasteiger partial charge in [-0.2, -0.15) is 5.10 Å². The van der Waals surface area contributed by atoms with Crippen LogP contribution in [0.25, 0.3) is 0 Å². The monoisotopic (exact) mass is 330 g/mol. The summed E-state index contributed by atoms with van der Waals surface area (Å²) < 4.78 is 1.74. The van der Waals surface area contributed by atoms with Crippen molar-refractivity contribution in [1.82, 2.24) is 14.7 Å². The number of aromatic hydroxyl groups is 1. The number of hydrogen-bond donors (Lipinski definition) is 1. The van der Waals surface area contributed by atoms with Crippen LogP contribution in [0.1, 0.15) is 22.3 Å². The Labute approximate surface area is 138 Å². The van der Waals surface area contributed by atoms with Gasteiger partial charge in [-0.1, -0.05) is 6.07 Å². The van der Waals surface area contributed by atoms with Crippen LogP contribution in [-0.4, -0.2) is 43.7 Å². The third-order valence-electron chi connectivity index (χ3n) is 4.30. The van der Waals surface area contributed by atoms with E-state index in [0.717, 1.165) is 18.4 Å². The van der Waals surface area contributed by atoms with Crippen molar-refractivity contribution in [2.75, 3.05) is 13.1 Å². The van der Waals surface area contributed by atoms with Crippen LogP contribution in [0.2, 0.25) is 0 Å². The molecule has 0 unspecified atom stereocenters. The van der Waals surface area contributed by atoms with E-state index in [1.54, 1.807) is 9.58 Å². The highest BCUT2D eigenvalue weighted by Gasteiger charge is 2.30. The zero-order valence-electron chi connectivity index (χ0n) is 13.3. The second-order valence-electron chi connectivity index (χ2n) is 6.06. The molecule has 1 saturated heterocycles. The Morgan fingerprint density at radius 2 is 2.29 bits per heavy atom. The van der Waals surface area contributed by atoms with Crippen molar-refractivity contribution < 1.29 is 14.8 Å². The summed E-state index contributed by atoms with van der Waals surface area (Å²) in [4.78, 5) is 24.4. The number of para-hydroxylation sites is 1. The van der Waals surface area contributed by atoms with Crippen molar-refractivity contribution in [3.63, 3.8) is 0 Å². The van der Waals surface area contributed by atoms with E-state index in [9.17, 15) is 20.0 Å². The Bertz CT molecular complexity index is 786. The maximum Gasteiger partial charge on any atom is 0.311 e. The first-order valence-corrected chi connectivity index (χ1v) is 7.69. The Kier molecular flexibility index (Phi) is 4.20. The van der Waals surface area contributed by atoms with Gasteiger partial charge in [0, 0.05) is 32.4 Å². The van der Waals surface area contributed by atoms with Gasteiger partial charge in [0.2, 0.25) is 5.75 Å². The number of aromatic nitrogens is 2. The number of likely N-dealkylation sites (tertiary alicyclic amines) is 1. The second kappa shape index (κ2) is 6.31. The quantitative estimate of drug-likeness (QED) is 0.679. The van der Waals surface area contributed by atoms with Gasteiger partial charge in [-0.3, -0.25) is 19.6 Å². The molecule has 1 fully saturated rings. The fourth-order valence-electron chi connectivity index (χ4n) is 3.12. The summed E-state index contributed by atoms with van der Waals surface area (Å²) in [5.41, 5.74) is 0.646. The lowest BCUT2D eigenvalue weighted by Gasteiger charge is -2.17. The van der Waals surface area contributed by atoms with E-state index >= 15 is 0 Å². The van der Waals surface area contributed by atoms with Gasteiger partial charge >= 0.3 is 5.69 Å². The maximum absolute atomic E-state index is 12.6. The largest absolute Gasteiger partial charge is 0.502 e. The lowest BCUT2D eigenvalue weighted by atomic mass is 10.0. The molecule has 0 saturated carbocycles. The van der Waals surface area contributed by atoms with Crippen LogP contribution < -0.4 is 0 Å². The molecule has 126 valence electrons. The Morgan fingerprint density at radius 1 is 1.50 bits per heavy atom. The number of nitro groups is 1. The summed E-state index contributed by atoms with van der Waals surface area (Å²) in [6, 6.07) is 4.01. The zero-order chi connectivity index (χ0) is 17.3. The molecule has 0 aliphatic carbocycles. The van der Waals surface area contributed by atoms with Crippen molar-refractivity contribution in [1.29, 1.82) is 0 Å². The Hall–Kier alpha value is -2.90. The van der Waals surface area contributed by atoms with Crippen LogP contribution in [0.5, 0.6) is 5.75 Å². The number of nitrogens with zero attached hydrogens (tertiary/aromatic N) is 4. The summed E-state index contributed by atoms with van der Waals surface area (Å²) in [7, 11) is 1.86. The minimum Gasteiger partial charge on any atom is -0.502 e. The van der Waals surface area contributed by atoms with Crippen molar-refractivity contribution in [2.45, 2.75) is 12.8 Å². The first kappa shape index (κ1) is 16.0. The highest BCUT2D eigenvalue weighted by Crippen LogP contribution is 2.31. The normalized spacial score (nSPS) is 17.2. The first-order chi connectivity index (χ1) is 11.5. The van der Waals surface area contributed by atoms with Gasteiger partial charge in [-0.25, -0.2) is 0 Å². The molecule has 1 atom stereocenters. The highest BCUT2D eigenvalue weighted by atomic mass is 16.6. The molecule has 1 aliphatic heterocycles. The number of rotatable bonds is 4. The van der Waals surface area contributed by atoms with E-state index in [2.05, 4.69) is 5.10 Å². The second-order valence-corrected chi connectivity index (χ2v) is 6.06. The lowest BCUT2D eigenvalue weighted by Crippen LogP contribution is -2.29. The first-order valence-electron chi connectivity index (χ1n) is 7.69. The number of phenolic OH excluding ortho intramolecular Hbond substituents is 1. The molecular formula is C16H18N4O4. The average Bonchev–Trinajstić information content (AvgIpc) is 3.16. The van der Waals surface area contributed by atoms with Gasteiger partial charge in [0.05, 0.1) is 16.7 Å². The summed E-state index contributed by atoms with van der Waals surface area (Å²) in [6.45, 7) is 1.14. The van der Waals surface area contributed by atoms with Crippen molar-refractivity contribution >= 4 is 11.6 Å². The van der Waals surface area contributed by atoms with Gasteiger partial charge in [-0.05, 0) is 30.4 Å². The molecule has 8 heteroatoms. The molecule has 0 radical (unpaired) electrons. The number of nitro benzene ring substituents is 1. The molecule has 0 bridgehead atoms. The molecule has 0 spiro atoms. The molecule has 1 aromatic carbocycles. The van der Waals surface area contributed by atoms with E-state index in [1.165, 1.54) is 18.2 Å². The van der Waals surface area contributed by atoms with Crippen LogP contribution in [0, 0.1) is 16.0 Å². The fourth-order valence-corrected chi connectivity index (χ4v) is 3.12. The number of benzene rings is 1. The number of carbonyl (C=O) groups excluding carboxylic acids is 1. The summed E-state index contributed by atoms with van der Waals surface area (Å²) >= 11 is 0. The van der Waals surface area contributed by atoms with Crippen molar-refractivity contribution in [3.05, 3.63) is 51.8 Å². The van der Waals surface area contributed by atoms with Gasteiger partial charge < -0.3 is 10.0 Å². The molecule has 3 rings (SSSR count). The minimum absolute atomic E-state index is 0.0220. The topological polar surface area (TPSA) is 102 Å². The highest BCUT2D eigenvalue weighted by molar-refractivity contribution is 5.98. The molecule has 2 heterocycles. The van der Waals surface area contributed by atoms with Gasteiger partial charge in [0.15, 0.2) is 0 Å². The fraction of sp³-hybridized carbons (Fsp3) is 0.375.